The standard InChI is InChI=1S/C17H23N5O/c1-3-14(2)20-17(23)15(12-18)13-21-8-10-22(11-9-21)16-6-4-5-7-19-16/h4-7,13-14H,3,8-11H2,1-2H3,(H,20,23)/b15-13-. The van der Waals surface area contributed by atoms with Gasteiger partial charge in [-0.3, -0.25) is 4.79 Å². The molecule has 122 valence electrons. The summed E-state index contributed by atoms with van der Waals surface area (Å²) in [5, 5.41) is 12.0. The van der Waals surface area contributed by atoms with Crippen LogP contribution in [0.3, 0.4) is 0 Å². The molecule has 1 unspecified atom stereocenters. The summed E-state index contributed by atoms with van der Waals surface area (Å²) in [5.41, 5.74) is 0.164. The van der Waals surface area contributed by atoms with Crippen molar-refractivity contribution in [3.05, 3.63) is 36.2 Å². The molecule has 2 rings (SSSR count). The Balaban J connectivity index is 1.93. The van der Waals surface area contributed by atoms with E-state index in [0.717, 1.165) is 38.4 Å². The Hall–Kier alpha value is -2.55. The number of hydrogen-bond acceptors (Lipinski definition) is 5. The van der Waals surface area contributed by atoms with Gasteiger partial charge in [-0.2, -0.15) is 5.26 Å². The van der Waals surface area contributed by atoms with E-state index in [9.17, 15) is 10.1 Å². The number of carbonyl (C=O) groups excluding carboxylic acids is 1. The van der Waals surface area contributed by atoms with Gasteiger partial charge >= 0.3 is 0 Å². The summed E-state index contributed by atoms with van der Waals surface area (Å²) >= 11 is 0. The molecule has 6 nitrogen and oxygen atoms in total. The lowest BCUT2D eigenvalue weighted by atomic mass is 10.2. The van der Waals surface area contributed by atoms with E-state index in [2.05, 4.69) is 15.2 Å². The normalized spacial score (nSPS) is 16.7. The zero-order chi connectivity index (χ0) is 16.7. The Morgan fingerprint density at radius 1 is 1.43 bits per heavy atom. The second-order valence-corrected chi connectivity index (χ2v) is 5.65. The predicted molar refractivity (Wildman–Crippen MR) is 89.6 cm³/mol. The second kappa shape index (κ2) is 8.18. The highest BCUT2D eigenvalue weighted by Gasteiger charge is 2.18. The average Bonchev–Trinajstić information content (AvgIpc) is 2.60. The fourth-order valence-corrected chi connectivity index (χ4v) is 2.35. The molecule has 1 atom stereocenters. The van der Waals surface area contributed by atoms with E-state index in [0.29, 0.717) is 0 Å². The minimum absolute atomic E-state index is 0.0697. The molecule has 2 heterocycles. The molecule has 23 heavy (non-hydrogen) atoms. The van der Waals surface area contributed by atoms with Gasteiger partial charge < -0.3 is 15.1 Å². The molecule has 0 radical (unpaired) electrons. The lowest BCUT2D eigenvalue weighted by Gasteiger charge is -2.34. The van der Waals surface area contributed by atoms with E-state index in [1.807, 2.05) is 43.0 Å². The molecule has 0 bridgehead atoms. The van der Waals surface area contributed by atoms with Crippen LogP contribution in [0.4, 0.5) is 5.82 Å². The molecule has 1 aromatic heterocycles. The Morgan fingerprint density at radius 3 is 2.74 bits per heavy atom. The first-order chi connectivity index (χ1) is 11.1. The zero-order valence-corrected chi connectivity index (χ0v) is 13.7. The maximum Gasteiger partial charge on any atom is 0.263 e. The highest BCUT2D eigenvalue weighted by Crippen LogP contribution is 2.13. The molecular formula is C17H23N5O. The monoisotopic (exact) mass is 313 g/mol. The number of amides is 1. The van der Waals surface area contributed by atoms with Crippen molar-refractivity contribution in [2.75, 3.05) is 31.1 Å². The number of nitriles is 1. The molecular weight excluding hydrogens is 290 g/mol. The van der Waals surface area contributed by atoms with Gasteiger partial charge in [0.2, 0.25) is 0 Å². The van der Waals surface area contributed by atoms with Crippen LogP contribution in [0, 0.1) is 11.3 Å². The molecule has 1 aromatic rings. The summed E-state index contributed by atoms with van der Waals surface area (Å²) in [6.45, 7) is 7.09. The van der Waals surface area contributed by atoms with Gasteiger partial charge in [0, 0.05) is 44.6 Å². The zero-order valence-electron chi connectivity index (χ0n) is 13.7. The van der Waals surface area contributed by atoms with Gasteiger partial charge in [0.15, 0.2) is 0 Å². The number of rotatable bonds is 5. The van der Waals surface area contributed by atoms with E-state index in [-0.39, 0.29) is 17.5 Å². The van der Waals surface area contributed by atoms with Crippen molar-refractivity contribution < 1.29 is 4.79 Å². The molecule has 1 amide bonds. The van der Waals surface area contributed by atoms with Crippen LogP contribution in [0.25, 0.3) is 0 Å². The topological polar surface area (TPSA) is 72.3 Å². The number of pyridine rings is 1. The molecule has 1 aliphatic rings. The quantitative estimate of drug-likeness (QED) is 0.659. The maximum atomic E-state index is 12.1. The first-order valence-electron chi connectivity index (χ1n) is 7.96. The van der Waals surface area contributed by atoms with Crippen molar-refractivity contribution in [3.63, 3.8) is 0 Å². The molecule has 1 N–H and O–H groups in total. The largest absolute Gasteiger partial charge is 0.373 e. The van der Waals surface area contributed by atoms with Crippen LogP contribution in [0.15, 0.2) is 36.2 Å². The van der Waals surface area contributed by atoms with Gasteiger partial charge in [-0.1, -0.05) is 13.0 Å². The SMILES string of the molecule is CCC(C)NC(=O)/C(C#N)=C\N1CCN(c2ccccn2)CC1. The number of piperazine rings is 1. The average molecular weight is 313 g/mol. The van der Waals surface area contributed by atoms with Gasteiger partial charge in [0.05, 0.1) is 0 Å². The highest BCUT2D eigenvalue weighted by atomic mass is 16.1. The van der Waals surface area contributed by atoms with Crippen LogP contribution in [-0.2, 0) is 4.79 Å². The van der Waals surface area contributed by atoms with Crippen LogP contribution in [0.2, 0.25) is 0 Å². The van der Waals surface area contributed by atoms with Crippen LogP contribution >= 0.6 is 0 Å². The van der Waals surface area contributed by atoms with Gasteiger partial charge in [0.25, 0.3) is 5.91 Å². The predicted octanol–water partition coefficient (Wildman–Crippen LogP) is 1.53. The highest BCUT2D eigenvalue weighted by molar-refractivity contribution is 5.97. The van der Waals surface area contributed by atoms with Crippen LogP contribution in [0.1, 0.15) is 20.3 Å². The summed E-state index contributed by atoms with van der Waals surface area (Å²) < 4.78 is 0. The van der Waals surface area contributed by atoms with Gasteiger partial charge in [-0.05, 0) is 25.5 Å². The smallest absolute Gasteiger partial charge is 0.263 e. The minimum Gasteiger partial charge on any atom is -0.373 e. The van der Waals surface area contributed by atoms with Crippen molar-refractivity contribution in [1.82, 2.24) is 15.2 Å². The molecule has 0 spiro atoms. The van der Waals surface area contributed by atoms with E-state index in [1.165, 1.54) is 0 Å². The third kappa shape index (κ3) is 4.71. The third-order valence-corrected chi connectivity index (χ3v) is 3.95. The van der Waals surface area contributed by atoms with Gasteiger partial charge in [-0.25, -0.2) is 4.98 Å². The molecule has 0 aliphatic carbocycles. The Morgan fingerprint density at radius 2 is 2.17 bits per heavy atom. The fraction of sp³-hybridized carbons (Fsp3) is 0.471. The number of carbonyl (C=O) groups is 1. The van der Waals surface area contributed by atoms with E-state index < -0.39 is 0 Å². The van der Waals surface area contributed by atoms with Gasteiger partial charge in [-0.15, -0.1) is 0 Å². The number of hydrogen-bond donors (Lipinski definition) is 1. The van der Waals surface area contributed by atoms with Crippen LogP contribution in [0.5, 0.6) is 0 Å². The molecule has 0 aromatic carbocycles. The fourth-order valence-electron chi connectivity index (χ4n) is 2.35. The van der Waals surface area contributed by atoms with Crippen LogP contribution < -0.4 is 10.2 Å². The van der Waals surface area contributed by atoms with Gasteiger partial charge in [0.1, 0.15) is 17.5 Å². The number of anilines is 1. The molecule has 1 aliphatic heterocycles. The lowest BCUT2D eigenvalue weighted by molar-refractivity contribution is -0.117. The van der Waals surface area contributed by atoms with E-state index in [1.54, 1.807) is 12.4 Å². The van der Waals surface area contributed by atoms with E-state index >= 15 is 0 Å². The lowest BCUT2D eigenvalue weighted by Crippen LogP contribution is -2.45. The summed E-state index contributed by atoms with van der Waals surface area (Å²) in [5.74, 6) is 0.667. The first kappa shape index (κ1) is 16.8. The third-order valence-electron chi connectivity index (χ3n) is 3.95. The molecule has 1 saturated heterocycles. The number of nitrogens with zero attached hydrogens (tertiary/aromatic N) is 4. The van der Waals surface area contributed by atoms with Crippen molar-refractivity contribution in [3.8, 4) is 6.07 Å². The summed E-state index contributed by atoms with van der Waals surface area (Å²) in [7, 11) is 0. The first-order valence-corrected chi connectivity index (χ1v) is 7.96. The van der Waals surface area contributed by atoms with Crippen molar-refractivity contribution in [1.29, 1.82) is 5.26 Å². The number of nitrogens with one attached hydrogen (secondary N) is 1. The summed E-state index contributed by atoms with van der Waals surface area (Å²) in [4.78, 5) is 20.6. The van der Waals surface area contributed by atoms with Crippen molar-refractivity contribution >= 4 is 11.7 Å². The molecule has 0 saturated carbocycles. The van der Waals surface area contributed by atoms with E-state index in [4.69, 9.17) is 0 Å². The maximum absolute atomic E-state index is 12.1. The number of aromatic nitrogens is 1. The Labute approximate surface area is 137 Å². The molecule has 1 fully saturated rings. The second-order valence-electron chi connectivity index (χ2n) is 5.65. The summed E-state index contributed by atoms with van der Waals surface area (Å²) in [6, 6.07) is 7.94. The molecule has 6 heteroatoms. The van der Waals surface area contributed by atoms with Crippen molar-refractivity contribution in [2.24, 2.45) is 0 Å². The summed E-state index contributed by atoms with van der Waals surface area (Å²) in [6.07, 6.45) is 4.30. The minimum atomic E-state index is -0.297. The van der Waals surface area contributed by atoms with Crippen LogP contribution in [-0.4, -0.2) is 48.0 Å². The Bertz CT molecular complexity index is 585. The van der Waals surface area contributed by atoms with Crippen molar-refractivity contribution in [2.45, 2.75) is 26.3 Å². The Kier molecular flexibility index (Phi) is 5.98.